The number of nitrogens with zero attached hydrogens (tertiary/aromatic N) is 4. The van der Waals surface area contributed by atoms with Crippen molar-refractivity contribution in [1.82, 2.24) is 9.55 Å². The van der Waals surface area contributed by atoms with Crippen LogP contribution in [0.25, 0.3) is 49.9 Å². The second-order valence-electron chi connectivity index (χ2n) is 20.4. The van der Waals surface area contributed by atoms with E-state index in [1.807, 2.05) is 65.4 Å². The van der Waals surface area contributed by atoms with Crippen LogP contribution in [-0.4, -0.2) is 16.2 Å². The summed E-state index contributed by atoms with van der Waals surface area (Å²) in [6, 6.07) is 79.6. The Morgan fingerprint density at radius 3 is 1.56 bits per heavy atom. The summed E-state index contributed by atoms with van der Waals surface area (Å²) in [5, 5.41) is 1.84. The van der Waals surface area contributed by atoms with Gasteiger partial charge in [0.05, 0.1) is 28.1 Å². The van der Waals surface area contributed by atoms with E-state index in [1.54, 1.807) is 24.3 Å². The van der Waals surface area contributed by atoms with E-state index >= 15 is 8.78 Å². The van der Waals surface area contributed by atoms with Crippen molar-refractivity contribution in [2.45, 2.75) is 44.4 Å². The number of alkyl halides is 2. The third-order valence-electron chi connectivity index (χ3n) is 15.0. The molecule has 0 amide bonds. The number of anilines is 4. The van der Waals surface area contributed by atoms with Crippen molar-refractivity contribution in [1.29, 1.82) is 0 Å². The molecule has 0 unspecified atom stereocenters. The fourth-order valence-electron chi connectivity index (χ4n) is 11.0. The highest BCUT2D eigenvalue weighted by Crippen LogP contribution is 2.52. The van der Waals surface area contributed by atoms with Gasteiger partial charge in [-0.1, -0.05) is 203 Å². The van der Waals surface area contributed by atoms with Crippen LogP contribution in [0, 0.1) is 0 Å². The summed E-state index contributed by atoms with van der Waals surface area (Å²) in [7, 11) is 0. The van der Waals surface area contributed by atoms with E-state index in [2.05, 4.69) is 195 Å². The van der Waals surface area contributed by atoms with Gasteiger partial charge in [-0.3, -0.25) is 4.57 Å². The first-order valence-electron chi connectivity index (χ1n) is 25.0. The minimum absolute atomic E-state index is 0.0656. The minimum Gasteiger partial charge on any atom is -0.321 e. The third kappa shape index (κ3) is 7.86. The Labute approximate surface area is 426 Å². The number of hydrogen-bond donors (Lipinski definition) is 0. The van der Waals surface area contributed by atoms with E-state index in [0.29, 0.717) is 23.7 Å². The van der Waals surface area contributed by atoms with Gasteiger partial charge >= 0.3 is 0 Å². The van der Waals surface area contributed by atoms with Gasteiger partial charge < -0.3 is 9.80 Å². The number of hydrogen-bond acceptors (Lipinski definition) is 3. The lowest BCUT2D eigenvalue weighted by atomic mass is 9.71. The molecule has 12 rings (SSSR count). The molecule has 4 nitrogen and oxygen atoms in total. The molecule has 0 fully saturated rings. The van der Waals surface area contributed by atoms with E-state index in [4.69, 9.17) is 4.98 Å². The molecular formula is C67H54F2N4. The number of para-hydroxylation sites is 4. The molecule has 11 aromatic rings. The largest absolute Gasteiger partial charge is 0.321 e. The van der Waals surface area contributed by atoms with Crippen LogP contribution in [-0.2, 0) is 16.8 Å². The van der Waals surface area contributed by atoms with Crippen LogP contribution in [0.5, 0.6) is 0 Å². The fraction of sp³-hybridized carbons (Fsp3) is 0.119. The zero-order chi connectivity index (χ0) is 49.9. The van der Waals surface area contributed by atoms with Gasteiger partial charge in [0.25, 0.3) is 5.92 Å². The lowest BCUT2D eigenvalue weighted by Crippen LogP contribution is -2.26. The lowest BCUT2D eigenvalue weighted by molar-refractivity contribution is 0.0428. The van der Waals surface area contributed by atoms with E-state index in [9.17, 15) is 0 Å². The van der Waals surface area contributed by atoms with E-state index in [0.717, 1.165) is 77.9 Å². The standard InChI is InChI=1S/C67H54F2N4/c1-65(2,3)52-40-53(42-54(41-52)71-45-72(61-35-20-19-34-60(61)71)64-55(46-22-9-5-10-23-46)31-21-32-56(64)47-24-11-6-12-25-47)67(68,69)51-36-37-58-57-30-17-18-33-59(57)73(62(58)43-51)63-44-50(38-39-70-63)66(4,48-26-13-7-14-27-48)49-28-15-8-16-29-49/h5-44H,45H2,1-4H3. The van der Waals surface area contributed by atoms with Crippen molar-refractivity contribution in [3.63, 3.8) is 0 Å². The van der Waals surface area contributed by atoms with Gasteiger partial charge in [0.2, 0.25) is 0 Å². The molecule has 0 radical (unpaired) electrons. The predicted octanol–water partition coefficient (Wildman–Crippen LogP) is 17.6. The Bertz CT molecular complexity index is 3710. The number of benzene rings is 9. The molecule has 3 heterocycles. The minimum atomic E-state index is -3.39. The Morgan fingerprint density at radius 1 is 0.411 bits per heavy atom. The predicted molar refractivity (Wildman–Crippen MR) is 298 cm³/mol. The van der Waals surface area contributed by atoms with Crippen LogP contribution >= 0.6 is 0 Å². The molecule has 1 aliphatic heterocycles. The molecule has 0 aliphatic carbocycles. The van der Waals surface area contributed by atoms with Crippen molar-refractivity contribution in [2.75, 3.05) is 16.5 Å². The van der Waals surface area contributed by atoms with Crippen LogP contribution in [0.15, 0.2) is 243 Å². The number of halogens is 2. The van der Waals surface area contributed by atoms with Crippen molar-refractivity contribution < 1.29 is 8.78 Å². The van der Waals surface area contributed by atoms with Crippen LogP contribution in [0.3, 0.4) is 0 Å². The van der Waals surface area contributed by atoms with Gasteiger partial charge in [-0.2, -0.15) is 8.78 Å². The summed E-state index contributed by atoms with van der Waals surface area (Å²) in [5.74, 6) is -2.74. The van der Waals surface area contributed by atoms with Gasteiger partial charge in [-0.15, -0.1) is 0 Å². The molecule has 0 saturated carbocycles. The Kier molecular flexibility index (Phi) is 11.2. The molecular weight excluding hydrogens is 899 g/mol. The van der Waals surface area contributed by atoms with Gasteiger partial charge in [0.1, 0.15) is 12.5 Å². The van der Waals surface area contributed by atoms with Crippen LogP contribution in [0.4, 0.5) is 31.5 Å². The number of fused-ring (bicyclic) bond motifs is 4. The molecule has 0 bridgehead atoms. The lowest BCUT2D eigenvalue weighted by Gasteiger charge is -2.32. The third-order valence-corrected chi connectivity index (χ3v) is 15.0. The summed E-state index contributed by atoms with van der Waals surface area (Å²) in [6.07, 6.45) is 1.84. The first-order chi connectivity index (χ1) is 35.5. The summed E-state index contributed by atoms with van der Waals surface area (Å²) >= 11 is 0. The quantitative estimate of drug-likeness (QED) is 0.137. The topological polar surface area (TPSA) is 24.3 Å². The first-order valence-corrected chi connectivity index (χ1v) is 25.0. The molecule has 0 atom stereocenters. The monoisotopic (exact) mass is 952 g/mol. The second kappa shape index (κ2) is 17.9. The maximum Gasteiger partial charge on any atom is 0.298 e. The average molecular weight is 953 g/mol. The Hall–Kier alpha value is -8.61. The van der Waals surface area contributed by atoms with Crippen molar-refractivity contribution in [3.8, 4) is 28.1 Å². The Balaban J connectivity index is 0.991. The first kappa shape index (κ1) is 45.5. The normalized spacial score (nSPS) is 13.0. The van der Waals surface area contributed by atoms with Crippen molar-refractivity contribution in [3.05, 3.63) is 276 Å². The molecule has 73 heavy (non-hydrogen) atoms. The van der Waals surface area contributed by atoms with Crippen LogP contribution in [0.2, 0.25) is 0 Å². The molecule has 2 aromatic heterocycles. The number of pyridine rings is 1. The van der Waals surface area contributed by atoms with Gasteiger partial charge in [0, 0.05) is 50.3 Å². The van der Waals surface area contributed by atoms with E-state index in [1.165, 1.54) is 0 Å². The molecule has 0 saturated heterocycles. The molecule has 9 aromatic carbocycles. The summed E-state index contributed by atoms with van der Waals surface area (Å²) in [6.45, 7) is 8.92. The molecule has 0 N–H and O–H groups in total. The molecule has 1 aliphatic rings. The summed E-state index contributed by atoms with van der Waals surface area (Å²) in [4.78, 5) is 9.53. The number of aromatic nitrogens is 2. The Morgan fingerprint density at radius 2 is 0.945 bits per heavy atom. The summed E-state index contributed by atoms with van der Waals surface area (Å²) in [5.41, 5.74) is 12.6. The highest BCUT2D eigenvalue weighted by atomic mass is 19.3. The fourth-order valence-corrected chi connectivity index (χ4v) is 11.0. The van der Waals surface area contributed by atoms with Crippen molar-refractivity contribution in [2.24, 2.45) is 0 Å². The van der Waals surface area contributed by atoms with E-state index in [-0.39, 0.29) is 11.1 Å². The highest BCUT2D eigenvalue weighted by Gasteiger charge is 2.39. The van der Waals surface area contributed by atoms with Gasteiger partial charge in [-0.05, 0) is 100 Å². The smallest absolute Gasteiger partial charge is 0.298 e. The zero-order valence-corrected chi connectivity index (χ0v) is 41.3. The molecule has 0 spiro atoms. The van der Waals surface area contributed by atoms with Crippen LogP contribution < -0.4 is 9.80 Å². The number of rotatable bonds is 10. The van der Waals surface area contributed by atoms with Gasteiger partial charge in [0.15, 0.2) is 0 Å². The van der Waals surface area contributed by atoms with E-state index < -0.39 is 16.8 Å². The average Bonchev–Trinajstić information content (AvgIpc) is 3.99. The zero-order valence-electron chi connectivity index (χ0n) is 41.3. The maximum atomic E-state index is 18.1. The van der Waals surface area contributed by atoms with Crippen molar-refractivity contribution >= 4 is 44.6 Å². The molecule has 356 valence electrons. The molecule has 6 heteroatoms. The summed E-state index contributed by atoms with van der Waals surface area (Å²) < 4.78 is 38.3. The second-order valence-corrected chi connectivity index (χ2v) is 20.4. The maximum absolute atomic E-state index is 18.1. The van der Waals surface area contributed by atoms with Crippen LogP contribution in [0.1, 0.15) is 61.1 Å². The SMILES string of the molecule is CC(C)(C)c1cc(N2CN(c3c(-c4ccccc4)cccc3-c3ccccc3)c3ccccc32)cc(C(F)(F)c2ccc3c4ccccc4n(-c4cc(C(C)(c5ccccc5)c5ccccc5)ccn4)c3c2)c1. The van der Waals surface area contributed by atoms with Gasteiger partial charge in [-0.25, -0.2) is 4.98 Å². The highest BCUT2D eigenvalue weighted by molar-refractivity contribution is 6.09.